The number of hydrogen-bond acceptors (Lipinski definition) is 3. The van der Waals surface area contributed by atoms with Crippen LogP contribution in [-0.4, -0.2) is 34.9 Å². The minimum atomic E-state index is -0.291. The molecular formula is C14H17BrN2O3. The highest BCUT2D eigenvalue weighted by Gasteiger charge is 2.25. The van der Waals surface area contributed by atoms with E-state index in [0.717, 1.165) is 17.3 Å². The number of nitrogens with two attached hydrogens (primary N) is 1. The molecule has 1 aliphatic rings. The number of primary amides is 1. The van der Waals surface area contributed by atoms with Crippen molar-refractivity contribution < 1.29 is 14.7 Å². The Morgan fingerprint density at radius 2 is 2.00 bits per heavy atom. The van der Waals surface area contributed by atoms with Crippen molar-refractivity contribution in [1.29, 1.82) is 0 Å². The first kappa shape index (κ1) is 14.8. The van der Waals surface area contributed by atoms with E-state index in [0.29, 0.717) is 25.1 Å². The van der Waals surface area contributed by atoms with Crippen molar-refractivity contribution in [2.45, 2.75) is 19.3 Å². The Morgan fingerprint density at radius 3 is 2.55 bits per heavy atom. The molecule has 6 heteroatoms. The van der Waals surface area contributed by atoms with E-state index >= 15 is 0 Å². The van der Waals surface area contributed by atoms with Crippen molar-refractivity contribution >= 4 is 27.7 Å². The van der Waals surface area contributed by atoms with Crippen LogP contribution in [0.1, 0.15) is 29.6 Å². The van der Waals surface area contributed by atoms with Crippen LogP contribution >= 0.6 is 15.9 Å². The number of rotatable bonds is 3. The van der Waals surface area contributed by atoms with Crippen LogP contribution in [-0.2, 0) is 4.79 Å². The van der Waals surface area contributed by atoms with E-state index in [4.69, 9.17) is 5.73 Å². The van der Waals surface area contributed by atoms with Crippen LogP contribution in [0.5, 0.6) is 5.75 Å². The van der Waals surface area contributed by atoms with Gasteiger partial charge >= 0.3 is 0 Å². The molecule has 1 heterocycles. The van der Waals surface area contributed by atoms with Crippen molar-refractivity contribution in [2.24, 2.45) is 11.7 Å². The van der Waals surface area contributed by atoms with Gasteiger partial charge in [0.25, 0.3) is 5.91 Å². The van der Waals surface area contributed by atoms with Gasteiger partial charge in [-0.05, 0) is 37.0 Å². The number of carbonyl (C=O) groups is 2. The molecule has 0 aliphatic carbocycles. The van der Waals surface area contributed by atoms with Crippen LogP contribution in [0.25, 0.3) is 0 Å². The lowest BCUT2D eigenvalue weighted by molar-refractivity contribution is -0.119. The lowest BCUT2D eigenvalue weighted by Crippen LogP contribution is -2.39. The van der Waals surface area contributed by atoms with Gasteiger partial charge in [-0.15, -0.1) is 0 Å². The van der Waals surface area contributed by atoms with Gasteiger partial charge in [0.2, 0.25) is 5.91 Å². The fraction of sp³-hybridized carbons (Fsp3) is 0.429. The molecule has 1 aliphatic heterocycles. The van der Waals surface area contributed by atoms with Crippen molar-refractivity contribution in [3.8, 4) is 5.75 Å². The van der Waals surface area contributed by atoms with E-state index < -0.39 is 0 Å². The summed E-state index contributed by atoms with van der Waals surface area (Å²) in [6.45, 7) is 1.18. The Hall–Kier alpha value is -1.56. The monoisotopic (exact) mass is 340 g/mol. The Bertz CT molecular complexity index is 525. The molecule has 0 bridgehead atoms. The lowest BCUT2D eigenvalue weighted by atomic mass is 9.93. The summed E-state index contributed by atoms with van der Waals surface area (Å²) >= 11 is 3.24. The van der Waals surface area contributed by atoms with Gasteiger partial charge in [-0.2, -0.15) is 0 Å². The Kier molecular flexibility index (Phi) is 4.65. The Labute approximate surface area is 125 Å². The second-order valence-corrected chi connectivity index (χ2v) is 5.98. The maximum absolute atomic E-state index is 12.3. The smallest absolute Gasteiger partial charge is 0.257 e. The molecule has 1 aromatic rings. The van der Waals surface area contributed by atoms with Gasteiger partial charge in [-0.3, -0.25) is 9.59 Å². The molecule has 0 spiro atoms. The number of phenols is 1. The third-order valence-corrected chi connectivity index (χ3v) is 4.08. The van der Waals surface area contributed by atoms with Gasteiger partial charge in [0.05, 0.1) is 5.56 Å². The quantitative estimate of drug-likeness (QED) is 0.881. The number of hydrogen-bond donors (Lipinski definition) is 2. The van der Waals surface area contributed by atoms with Gasteiger partial charge in [-0.25, -0.2) is 0 Å². The summed E-state index contributed by atoms with van der Waals surface area (Å²) in [6, 6.07) is 4.84. The van der Waals surface area contributed by atoms with Crippen LogP contribution in [0.4, 0.5) is 0 Å². The fourth-order valence-electron chi connectivity index (χ4n) is 2.48. The minimum absolute atomic E-state index is 0.0244. The molecule has 1 fully saturated rings. The van der Waals surface area contributed by atoms with Gasteiger partial charge in [0, 0.05) is 24.0 Å². The predicted molar refractivity (Wildman–Crippen MR) is 78.2 cm³/mol. The number of halogens is 1. The van der Waals surface area contributed by atoms with Crippen LogP contribution in [0, 0.1) is 5.92 Å². The van der Waals surface area contributed by atoms with E-state index in [1.54, 1.807) is 17.0 Å². The van der Waals surface area contributed by atoms with Crippen LogP contribution in [0.3, 0.4) is 0 Å². The van der Waals surface area contributed by atoms with Crippen molar-refractivity contribution in [2.75, 3.05) is 13.1 Å². The molecule has 2 rings (SSSR count). The molecule has 0 aromatic heterocycles. The average Bonchev–Trinajstić information content (AvgIpc) is 2.38. The van der Waals surface area contributed by atoms with Crippen molar-refractivity contribution in [3.05, 3.63) is 28.2 Å². The van der Waals surface area contributed by atoms with E-state index in [-0.39, 0.29) is 23.5 Å². The highest BCUT2D eigenvalue weighted by molar-refractivity contribution is 9.10. The summed E-state index contributed by atoms with van der Waals surface area (Å²) in [7, 11) is 0. The second-order valence-electron chi connectivity index (χ2n) is 5.07. The van der Waals surface area contributed by atoms with Gasteiger partial charge in [0.1, 0.15) is 5.75 Å². The first-order valence-corrected chi connectivity index (χ1v) is 7.32. The third kappa shape index (κ3) is 3.50. The van der Waals surface area contributed by atoms with Gasteiger partial charge < -0.3 is 15.7 Å². The number of amides is 2. The molecule has 3 N–H and O–H groups in total. The number of nitrogens with zero attached hydrogens (tertiary/aromatic N) is 1. The van der Waals surface area contributed by atoms with Crippen LogP contribution < -0.4 is 5.73 Å². The minimum Gasteiger partial charge on any atom is -0.507 e. The first-order valence-electron chi connectivity index (χ1n) is 6.53. The normalized spacial score (nSPS) is 16.1. The van der Waals surface area contributed by atoms with E-state index in [2.05, 4.69) is 15.9 Å². The van der Waals surface area contributed by atoms with Gasteiger partial charge in [0.15, 0.2) is 0 Å². The molecule has 108 valence electrons. The first-order chi connectivity index (χ1) is 9.47. The number of aromatic hydroxyl groups is 1. The van der Waals surface area contributed by atoms with E-state index in [1.807, 2.05) is 0 Å². The van der Waals surface area contributed by atoms with Gasteiger partial charge in [-0.1, -0.05) is 15.9 Å². The zero-order valence-electron chi connectivity index (χ0n) is 11.0. The molecule has 0 unspecified atom stereocenters. The van der Waals surface area contributed by atoms with E-state index in [1.165, 1.54) is 6.07 Å². The SMILES string of the molecule is NC(=O)CC1CCN(C(=O)c2ccc(Br)cc2O)CC1. The summed E-state index contributed by atoms with van der Waals surface area (Å²) in [6.07, 6.45) is 1.92. The largest absolute Gasteiger partial charge is 0.507 e. The fourth-order valence-corrected chi connectivity index (χ4v) is 2.83. The third-order valence-electron chi connectivity index (χ3n) is 3.58. The highest BCUT2D eigenvalue weighted by Crippen LogP contribution is 2.26. The molecule has 5 nitrogen and oxygen atoms in total. The average molecular weight is 341 g/mol. The maximum atomic E-state index is 12.3. The number of piperidine rings is 1. The topological polar surface area (TPSA) is 83.6 Å². The Morgan fingerprint density at radius 1 is 1.35 bits per heavy atom. The van der Waals surface area contributed by atoms with Crippen molar-refractivity contribution in [3.63, 3.8) is 0 Å². The second kappa shape index (κ2) is 6.26. The van der Waals surface area contributed by atoms with Crippen LogP contribution in [0.2, 0.25) is 0 Å². The number of benzene rings is 1. The number of carbonyl (C=O) groups excluding carboxylic acids is 2. The zero-order valence-corrected chi connectivity index (χ0v) is 12.6. The summed E-state index contributed by atoms with van der Waals surface area (Å²) in [5, 5.41) is 9.82. The molecule has 0 saturated carbocycles. The van der Waals surface area contributed by atoms with Crippen molar-refractivity contribution in [1.82, 2.24) is 4.90 Å². The molecule has 0 radical (unpaired) electrons. The summed E-state index contributed by atoms with van der Waals surface area (Å²) < 4.78 is 0.728. The zero-order chi connectivity index (χ0) is 14.7. The summed E-state index contributed by atoms with van der Waals surface area (Å²) in [4.78, 5) is 24.9. The number of likely N-dealkylation sites (tertiary alicyclic amines) is 1. The highest BCUT2D eigenvalue weighted by atomic mass is 79.9. The molecule has 20 heavy (non-hydrogen) atoms. The Balaban J connectivity index is 1.99. The molecular weight excluding hydrogens is 324 g/mol. The molecule has 2 amide bonds. The van der Waals surface area contributed by atoms with Crippen LogP contribution in [0.15, 0.2) is 22.7 Å². The molecule has 1 aromatic carbocycles. The molecule has 1 saturated heterocycles. The summed E-state index contributed by atoms with van der Waals surface area (Å²) in [5.74, 6) is -0.230. The summed E-state index contributed by atoms with van der Waals surface area (Å²) in [5.41, 5.74) is 5.49. The number of phenolic OH excluding ortho intramolecular Hbond substituents is 1. The predicted octanol–water partition coefficient (Wildman–Crippen LogP) is 1.88. The standard InChI is InChI=1S/C14H17BrN2O3/c15-10-1-2-11(12(18)8-10)14(20)17-5-3-9(4-6-17)7-13(16)19/h1-2,8-9,18H,3-7H2,(H2,16,19). The maximum Gasteiger partial charge on any atom is 0.257 e. The molecule has 0 atom stereocenters. The lowest BCUT2D eigenvalue weighted by Gasteiger charge is -2.31. The van der Waals surface area contributed by atoms with E-state index in [9.17, 15) is 14.7 Å².